The molecule has 1 fully saturated rings. The highest BCUT2D eigenvalue weighted by Gasteiger charge is 2.21. The molecule has 0 aliphatic carbocycles. The first-order chi connectivity index (χ1) is 8.25. The van der Waals surface area contributed by atoms with Gasteiger partial charge in [0.05, 0.1) is 0 Å². The third-order valence-electron chi connectivity index (χ3n) is 3.75. The van der Waals surface area contributed by atoms with E-state index in [0.29, 0.717) is 0 Å². The molecule has 2 heteroatoms. The van der Waals surface area contributed by atoms with Crippen molar-refractivity contribution in [3.8, 4) is 0 Å². The first-order valence-electron chi connectivity index (χ1n) is 6.78. The molecule has 0 radical (unpaired) electrons. The minimum absolute atomic E-state index is 0.753. The fourth-order valence-corrected chi connectivity index (χ4v) is 2.59. The van der Waals surface area contributed by atoms with Crippen molar-refractivity contribution >= 4 is 5.69 Å². The molecule has 1 saturated heterocycles. The molecule has 0 bridgehead atoms. The monoisotopic (exact) mass is 232 g/mol. The van der Waals surface area contributed by atoms with Crippen LogP contribution in [0.25, 0.3) is 0 Å². The average molecular weight is 232 g/mol. The van der Waals surface area contributed by atoms with Crippen LogP contribution in [0.4, 0.5) is 5.69 Å². The molecule has 1 heterocycles. The first-order valence-corrected chi connectivity index (χ1v) is 6.78. The van der Waals surface area contributed by atoms with Crippen LogP contribution in [0.1, 0.15) is 26.7 Å². The molecule has 0 amide bonds. The second-order valence-corrected chi connectivity index (χ2v) is 5.32. The maximum Gasteiger partial charge on any atom is 0.0340 e. The molecule has 2 rings (SSSR count). The zero-order valence-corrected chi connectivity index (χ0v) is 11.0. The number of hydrogen-bond acceptors (Lipinski definition) is 2. The highest BCUT2D eigenvalue weighted by Crippen LogP contribution is 2.20. The summed E-state index contributed by atoms with van der Waals surface area (Å²) in [5.41, 5.74) is 1.23. The van der Waals surface area contributed by atoms with Crippen LogP contribution >= 0.6 is 0 Å². The zero-order chi connectivity index (χ0) is 12.1. The molecule has 0 saturated carbocycles. The summed E-state index contributed by atoms with van der Waals surface area (Å²) in [5, 5.41) is 3.49. The van der Waals surface area contributed by atoms with Gasteiger partial charge in [0, 0.05) is 31.4 Å². The van der Waals surface area contributed by atoms with Crippen molar-refractivity contribution in [1.29, 1.82) is 0 Å². The van der Waals surface area contributed by atoms with Gasteiger partial charge >= 0.3 is 0 Å². The molecule has 1 aliphatic heterocycles. The van der Waals surface area contributed by atoms with Crippen molar-refractivity contribution in [3.05, 3.63) is 30.3 Å². The molecule has 2 atom stereocenters. The number of likely N-dealkylation sites (tertiary alicyclic amines) is 1. The molecule has 1 aliphatic rings. The van der Waals surface area contributed by atoms with Crippen molar-refractivity contribution in [2.24, 2.45) is 5.92 Å². The van der Waals surface area contributed by atoms with Gasteiger partial charge in [0.25, 0.3) is 0 Å². The Labute approximate surface area is 105 Å². The van der Waals surface area contributed by atoms with Gasteiger partial charge in [-0.2, -0.15) is 0 Å². The minimum Gasteiger partial charge on any atom is -0.384 e. The maximum atomic E-state index is 3.49. The van der Waals surface area contributed by atoms with Crippen molar-refractivity contribution in [3.63, 3.8) is 0 Å². The lowest BCUT2D eigenvalue weighted by Crippen LogP contribution is -2.43. The van der Waals surface area contributed by atoms with Gasteiger partial charge in [-0.15, -0.1) is 0 Å². The fourth-order valence-electron chi connectivity index (χ4n) is 2.59. The summed E-state index contributed by atoms with van der Waals surface area (Å²) in [4.78, 5) is 2.62. The van der Waals surface area contributed by atoms with Crippen LogP contribution in [-0.4, -0.2) is 30.6 Å². The smallest absolute Gasteiger partial charge is 0.0340 e. The van der Waals surface area contributed by atoms with Gasteiger partial charge in [0.2, 0.25) is 0 Å². The third kappa shape index (κ3) is 3.74. The number of nitrogens with zero attached hydrogens (tertiary/aromatic N) is 1. The van der Waals surface area contributed by atoms with Gasteiger partial charge in [-0.25, -0.2) is 0 Å². The Kier molecular flexibility index (Phi) is 4.43. The van der Waals surface area contributed by atoms with E-state index in [1.807, 2.05) is 0 Å². The molecule has 2 nitrogen and oxygen atoms in total. The van der Waals surface area contributed by atoms with Crippen LogP contribution in [0.3, 0.4) is 0 Å². The lowest BCUT2D eigenvalue weighted by molar-refractivity contribution is 0.130. The standard InChI is InChI=1S/C15H24N2/c1-13-8-9-14(2)17(12-13)11-10-16-15-6-4-3-5-7-15/h3-7,13-14,16H,8-12H2,1-2H3. The van der Waals surface area contributed by atoms with Crippen LogP contribution in [0.2, 0.25) is 0 Å². The Bertz CT molecular complexity index is 323. The Balaban J connectivity index is 1.74. The highest BCUT2D eigenvalue weighted by molar-refractivity contribution is 5.42. The fraction of sp³-hybridized carbons (Fsp3) is 0.600. The number of benzene rings is 1. The van der Waals surface area contributed by atoms with E-state index in [4.69, 9.17) is 0 Å². The number of hydrogen-bond donors (Lipinski definition) is 1. The van der Waals surface area contributed by atoms with Gasteiger partial charge < -0.3 is 5.32 Å². The number of piperidine rings is 1. The highest BCUT2D eigenvalue weighted by atomic mass is 15.2. The lowest BCUT2D eigenvalue weighted by atomic mass is 9.95. The summed E-state index contributed by atoms with van der Waals surface area (Å²) in [6.45, 7) is 8.18. The van der Waals surface area contributed by atoms with Crippen molar-refractivity contribution in [2.75, 3.05) is 25.0 Å². The summed E-state index contributed by atoms with van der Waals surface area (Å²) in [6.07, 6.45) is 2.75. The predicted octanol–water partition coefficient (Wildman–Crippen LogP) is 3.22. The molecule has 1 aromatic carbocycles. The zero-order valence-electron chi connectivity index (χ0n) is 11.0. The van der Waals surface area contributed by atoms with E-state index in [-0.39, 0.29) is 0 Å². The molecule has 94 valence electrons. The van der Waals surface area contributed by atoms with Crippen molar-refractivity contribution < 1.29 is 0 Å². The van der Waals surface area contributed by atoms with Crippen LogP contribution in [0, 0.1) is 5.92 Å². The Morgan fingerprint density at radius 1 is 1.18 bits per heavy atom. The van der Waals surface area contributed by atoms with Gasteiger partial charge in [0.1, 0.15) is 0 Å². The number of anilines is 1. The second-order valence-electron chi connectivity index (χ2n) is 5.32. The average Bonchev–Trinajstić information content (AvgIpc) is 2.35. The molecular weight excluding hydrogens is 208 g/mol. The number of para-hydroxylation sites is 1. The minimum atomic E-state index is 0.753. The van der Waals surface area contributed by atoms with Crippen LogP contribution in [0.15, 0.2) is 30.3 Å². The SMILES string of the molecule is CC1CCC(C)N(CCNc2ccccc2)C1. The quantitative estimate of drug-likeness (QED) is 0.857. The van der Waals surface area contributed by atoms with E-state index in [0.717, 1.165) is 25.0 Å². The molecule has 0 spiro atoms. The third-order valence-corrected chi connectivity index (χ3v) is 3.75. The predicted molar refractivity (Wildman–Crippen MR) is 74.4 cm³/mol. The second kappa shape index (κ2) is 6.06. The molecule has 2 unspecified atom stereocenters. The maximum absolute atomic E-state index is 3.49. The Hall–Kier alpha value is -1.02. The summed E-state index contributed by atoms with van der Waals surface area (Å²) < 4.78 is 0. The van der Waals surface area contributed by atoms with E-state index in [1.54, 1.807) is 0 Å². The molecule has 0 aromatic heterocycles. The van der Waals surface area contributed by atoms with E-state index in [2.05, 4.69) is 54.4 Å². The Morgan fingerprint density at radius 3 is 2.71 bits per heavy atom. The summed E-state index contributed by atoms with van der Waals surface area (Å²) in [5.74, 6) is 0.864. The van der Waals surface area contributed by atoms with Crippen LogP contribution in [0.5, 0.6) is 0 Å². The van der Waals surface area contributed by atoms with Crippen LogP contribution in [-0.2, 0) is 0 Å². The van der Waals surface area contributed by atoms with Gasteiger partial charge in [0.15, 0.2) is 0 Å². The first kappa shape index (κ1) is 12.4. The number of nitrogens with one attached hydrogen (secondary N) is 1. The van der Waals surface area contributed by atoms with E-state index < -0.39 is 0 Å². The van der Waals surface area contributed by atoms with Gasteiger partial charge in [-0.05, 0) is 37.8 Å². The summed E-state index contributed by atoms with van der Waals surface area (Å²) >= 11 is 0. The molecule has 1 aromatic rings. The normalized spacial score (nSPS) is 25.8. The van der Waals surface area contributed by atoms with Crippen molar-refractivity contribution in [2.45, 2.75) is 32.7 Å². The van der Waals surface area contributed by atoms with Crippen LogP contribution < -0.4 is 5.32 Å². The van der Waals surface area contributed by atoms with E-state index in [1.165, 1.54) is 25.1 Å². The molecular formula is C15H24N2. The largest absolute Gasteiger partial charge is 0.384 e. The number of rotatable bonds is 4. The molecule has 17 heavy (non-hydrogen) atoms. The topological polar surface area (TPSA) is 15.3 Å². The van der Waals surface area contributed by atoms with Gasteiger partial charge in [-0.3, -0.25) is 4.90 Å². The van der Waals surface area contributed by atoms with E-state index in [9.17, 15) is 0 Å². The van der Waals surface area contributed by atoms with Gasteiger partial charge in [-0.1, -0.05) is 25.1 Å². The summed E-state index contributed by atoms with van der Waals surface area (Å²) in [7, 11) is 0. The molecule has 1 N–H and O–H groups in total. The lowest BCUT2D eigenvalue weighted by Gasteiger charge is -2.36. The van der Waals surface area contributed by atoms with Crippen molar-refractivity contribution in [1.82, 2.24) is 4.90 Å². The summed E-state index contributed by atoms with van der Waals surface area (Å²) in [6, 6.07) is 11.2. The van der Waals surface area contributed by atoms with E-state index >= 15 is 0 Å². The Morgan fingerprint density at radius 2 is 1.94 bits per heavy atom.